The molecule has 0 radical (unpaired) electrons. The SMILES string of the molecule is C=CCN(c1ccccc1OC)S(=O)(=O)c1ccc(Cl)c(C(=O)N2CCCCCC2)c1. The number of rotatable bonds is 7. The zero-order valence-corrected chi connectivity index (χ0v) is 19.2. The number of nitrogens with zero attached hydrogens (tertiary/aromatic N) is 2. The van der Waals surface area contributed by atoms with Gasteiger partial charge in [0.15, 0.2) is 0 Å². The molecular weight excluding hydrogens is 436 g/mol. The molecule has 0 saturated carbocycles. The van der Waals surface area contributed by atoms with E-state index in [1.165, 1.54) is 35.7 Å². The maximum absolute atomic E-state index is 13.6. The van der Waals surface area contributed by atoms with E-state index in [0.717, 1.165) is 25.7 Å². The predicted octanol–water partition coefficient (Wildman–Crippen LogP) is 4.75. The molecule has 8 heteroatoms. The summed E-state index contributed by atoms with van der Waals surface area (Å²) in [6.07, 6.45) is 5.54. The Morgan fingerprint density at radius 3 is 2.48 bits per heavy atom. The van der Waals surface area contributed by atoms with Gasteiger partial charge in [-0.2, -0.15) is 0 Å². The molecule has 1 aliphatic heterocycles. The second-order valence-electron chi connectivity index (χ2n) is 7.34. The van der Waals surface area contributed by atoms with Gasteiger partial charge in [-0.1, -0.05) is 42.7 Å². The van der Waals surface area contributed by atoms with Crippen LogP contribution in [-0.4, -0.2) is 46.0 Å². The van der Waals surface area contributed by atoms with Crippen molar-refractivity contribution in [2.75, 3.05) is 31.0 Å². The summed E-state index contributed by atoms with van der Waals surface area (Å²) in [5.74, 6) is 0.180. The number of methoxy groups -OCH3 is 1. The van der Waals surface area contributed by atoms with E-state index in [2.05, 4.69) is 6.58 Å². The highest BCUT2D eigenvalue weighted by molar-refractivity contribution is 7.92. The molecule has 0 atom stereocenters. The van der Waals surface area contributed by atoms with E-state index in [1.54, 1.807) is 29.2 Å². The number of anilines is 1. The lowest BCUT2D eigenvalue weighted by atomic mass is 10.2. The molecule has 2 aromatic carbocycles. The van der Waals surface area contributed by atoms with E-state index in [1.807, 2.05) is 0 Å². The van der Waals surface area contributed by atoms with Crippen molar-refractivity contribution < 1.29 is 17.9 Å². The lowest BCUT2D eigenvalue weighted by molar-refractivity contribution is 0.0761. The molecule has 1 amide bonds. The van der Waals surface area contributed by atoms with Gasteiger partial charge in [0.05, 0.1) is 34.8 Å². The summed E-state index contributed by atoms with van der Waals surface area (Å²) in [6, 6.07) is 11.1. The molecule has 2 aromatic rings. The summed E-state index contributed by atoms with van der Waals surface area (Å²) in [5, 5.41) is 0.237. The molecule has 0 spiro atoms. The lowest BCUT2D eigenvalue weighted by Crippen LogP contribution is -2.33. The van der Waals surface area contributed by atoms with Crippen molar-refractivity contribution in [1.29, 1.82) is 0 Å². The molecule has 0 bridgehead atoms. The topological polar surface area (TPSA) is 66.9 Å². The van der Waals surface area contributed by atoms with Crippen LogP contribution in [0.5, 0.6) is 5.75 Å². The van der Waals surface area contributed by atoms with Gasteiger partial charge in [0.1, 0.15) is 5.75 Å². The number of amides is 1. The normalized spacial score (nSPS) is 14.6. The minimum Gasteiger partial charge on any atom is -0.495 e. The molecule has 1 fully saturated rings. The van der Waals surface area contributed by atoms with Crippen LogP contribution in [0.25, 0.3) is 0 Å². The number of hydrogen-bond acceptors (Lipinski definition) is 4. The Labute approximate surface area is 189 Å². The van der Waals surface area contributed by atoms with E-state index < -0.39 is 10.0 Å². The van der Waals surface area contributed by atoms with Gasteiger partial charge in [0, 0.05) is 13.1 Å². The first-order valence-electron chi connectivity index (χ1n) is 10.3. The van der Waals surface area contributed by atoms with Crippen LogP contribution in [-0.2, 0) is 10.0 Å². The van der Waals surface area contributed by atoms with Crippen LogP contribution < -0.4 is 9.04 Å². The number of benzene rings is 2. The Bertz CT molecular complexity index is 1050. The Kier molecular flexibility index (Phi) is 7.62. The molecule has 1 saturated heterocycles. The summed E-state index contributed by atoms with van der Waals surface area (Å²) >= 11 is 6.31. The van der Waals surface area contributed by atoms with Gasteiger partial charge in [-0.15, -0.1) is 6.58 Å². The van der Waals surface area contributed by atoms with E-state index >= 15 is 0 Å². The van der Waals surface area contributed by atoms with Gasteiger partial charge >= 0.3 is 0 Å². The molecule has 31 heavy (non-hydrogen) atoms. The third-order valence-electron chi connectivity index (χ3n) is 5.30. The van der Waals surface area contributed by atoms with Crippen molar-refractivity contribution in [2.24, 2.45) is 0 Å². The molecule has 6 nitrogen and oxygen atoms in total. The highest BCUT2D eigenvalue weighted by Gasteiger charge is 2.29. The summed E-state index contributed by atoms with van der Waals surface area (Å²) in [6.45, 7) is 5.03. The molecule has 1 heterocycles. The van der Waals surface area contributed by atoms with E-state index in [9.17, 15) is 13.2 Å². The average Bonchev–Trinajstić information content (AvgIpc) is 3.06. The zero-order chi connectivity index (χ0) is 22.4. The summed E-state index contributed by atoms with van der Waals surface area (Å²) in [5.41, 5.74) is 0.587. The fourth-order valence-corrected chi connectivity index (χ4v) is 5.35. The standard InChI is InChI=1S/C23H27ClN2O4S/c1-3-14-26(21-10-6-7-11-22(21)30-2)31(28,29)18-12-13-20(24)19(17-18)23(27)25-15-8-4-5-9-16-25/h3,6-7,10-13,17H,1,4-5,8-9,14-16H2,2H3. The summed E-state index contributed by atoms with van der Waals surface area (Å²) in [4.78, 5) is 14.9. The third-order valence-corrected chi connectivity index (χ3v) is 7.40. The minimum atomic E-state index is -4.01. The second kappa shape index (κ2) is 10.2. The highest BCUT2D eigenvalue weighted by Crippen LogP contribution is 2.33. The first-order chi connectivity index (χ1) is 14.9. The zero-order valence-electron chi connectivity index (χ0n) is 17.6. The molecule has 0 unspecified atom stereocenters. The van der Waals surface area contributed by atoms with Crippen LogP contribution >= 0.6 is 11.6 Å². The number of likely N-dealkylation sites (tertiary alicyclic amines) is 1. The molecule has 166 valence electrons. The first kappa shape index (κ1) is 23.2. The smallest absolute Gasteiger partial charge is 0.264 e. The van der Waals surface area contributed by atoms with Crippen molar-refractivity contribution in [1.82, 2.24) is 4.90 Å². The highest BCUT2D eigenvalue weighted by atomic mass is 35.5. The van der Waals surface area contributed by atoms with Crippen LogP contribution in [0.1, 0.15) is 36.0 Å². The van der Waals surface area contributed by atoms with Gasteiger partial charge in [-0.3, -0.25) is 9.10 Å². The number of para-hydroxylation sites is 2. The number of ether oxygens (including phenoxy) is 1. The van der Waals surface area contributed by atoms with E-state index in [-0.39, 0.29) is 27.9 Å². The van der Waals surface area contributed by atoms with Crippen molar-refractivity contribution >= 4 is 33.2 Å². The van der Waals surface area contributed by atoms with Crippen LogP contribution in [0.4, 0.5) is 5.69 Å². The quantitative estimate of drug-likeness (QED) is 0.557. The van der Waals surface area contributed by atoms with Gasteiger partial charge in [0.2, 0.25) is 0 Å². The fraction of sp³-hybridized carbons (Fsp3) is 0.348. The number of carbonyl (C=O) groups is 1. The predicted molar refractivity (Wildman–Crippen MR) is 124 cm³/mol. The first-order valence-corrected chi connectivity index (χ1v) is 12.1. The molecule has 0 aliphatic carbocycles. The summed E-state index contributed by atoms with van der Waals surface area (Å²) in [7, 11) is -2.52. The molecular formula is C23H27ClN2O4S. The maximum Gasteiger partial charge on any atom is 0.264 e. The molecule has 0 aromatic heterocycles. The fourth-order valence-electron chi connectivity index (χ4n) is 3.68. The number of sulfonamides is 1. The third kappa shape index (κ3) is 5.05. The Hall–Kier alpha value is -2.51. The number of carbonyl (C=O) groups excluding carboxylic acids is 1. The van der Waals surface area contributed by atoms with Crippen molar-refractivity contribution in [3.05, 3.63) is 65.7 Å². The van der Waals surface area contributed by atoms with Gasteiger partial charge in [-0.25, -0.2) is 8.42 Å². The monoisotopic (exact) mass is 462 g/mol. The minimum absolute atomic E-state index is 0.0113. The van der Waals surface area contributed by atoms with Crippen molar-refractivity contribution in [3.63, 3.8) is 0 Å². The van der Waals surface area contributed by atoms with Crippen LogP contribution in [0, 0.1) is 0 Å². The number of hydrogen-bond donors (Lipinski definition) is 0. The molecule has 3 rings (SSSR count). The molecule has 1 aliphatic rings. The van der Waals surface area contributed by atoms with Crippen molar-refractivity contribution in [3.8, 4) is 5.75 Å². The Morgan fingerprint density at radius 2 is 1.84 bits per heavy atom. The van der Waals surface area contributed by atoms with Crippen molar-refractivity contribution in [2.45, 2.75) is 30.6 Å². The Balaban J connectivity index is 2.02. The molecule has 0 N–H and O–H groups in total. The van der Waals surface area contributed by atoms with Crippen LogP contribution in [0.3, 0.4) is 0 Å². The second-order valence-corrected chi connectivity index (χ2v) is 9.61. The maximum atomic E-state index is 13.6. The van der Waals surface area contributed by atoms with E-state index in [0.29, 0.717) is 24.5 Å². The summed E-state index contributed by atoms with van der Waals surface area (Å²) < 4.78 is 33.7. The van der Waals surface area contributed by atoms with E-state index in [4.69, 9.17) is 16.3 Å². The van der Waals surface area contributed by atoms with Gasteiger partial charge in [0.25, 0.3) is 15.9 Å². The van der Waals surface area contributed by atoms with Crippen LogP contribution in [0.15, 0.2) is 60.0 Å². The Morgan fingerprint density at radius 1 is 1.16 bits per heavy atom. The largest absolute Gasteiger partial charge is 0.495 e. The van der Waals surface area contributed by atoms with Gasteiger partial charge < -0.3 is 9.64 Å². The lowest BCUT2D eigenvalue weighted by Gasteiger charge is -2.25. The average molecular weight is 463 g/mol. The number of halogens is 1. The van der Waals surface area contributed by atoms with Gasteiger partial charge in [-0.05, 0) is 43.2 Å². The van der Waals surface area contributed by atoms with Crippen LogP contribution in [0.2, 0.25) is 5.02 Å².